The summed E-state index contributed by atoms with van der Waals surface area (Å²) in [5, 5.41) is -0.222. The first-order valence-corrected chi connectivity index (χ1v) is 5.50. The van der Waals surface area contributed by atoms with Crippen LogP contribution in [-0.4, -0.2) is 12.1 Å². The second-order valence-electron chi connectivity index (χ2n) is 3.39. The normalized spacial score (nSPS) is 14.7. The van der Waals surface area contributed by atoms with Crippen LogP contribution in [0.25, 0.3) is 0 Å². The number of benzene rings is 1. The molecule has 1 unspecified atom stereocenters. The molecule has 0 aliphatic rings. The second kappa shape index (κ2) is 4.90. The highest BCUT2D eigenvalue weighted by Crippen LogP contribution is 2.44. The monoisotopic (exact) mass is 355 g/mol. The van der Waals surface area contributed by atoms with Crippen molar-refractivity contribution in [2.45, 2.75) is 18.1 Å². The predicted molar refractivity (Wildman–Crippen MR) is 57.0 cm³/mol. The quantitative estimate of drug-likeness (QED) is 0.615. The molecule has 0 amide bonds. The molecule has 1 aromatic carbocycles. The molecule has 2 N–H and O–H groups in total. The fraction of sp³-hybridized carbons (Fsp3) is 0.333. The molecule has 0 radical (unpaired) electrons. The van der Waals surface area contributed by atoms with Crippen molar-refractivity contribution in [1.29, 1.82) is 0 Å². The zero-order chi connectivity index (χ0) is 14.3. The van der Waals surface area contributed by atoms with E-state index in [2.05, 4.69) is 15.9 Å². The van der Waals surface area contributed by atoms with Crippen LogP contribution >= 0.6 is 27.5 Å². The van der Waals surface area contributed by atoms with E-state index >= 15 is 0 Å². The van der Waals surface area contributed by atoms with Crippen molar-refractivity contribution in [2.75, 3.05) is 0 Å². The Morgan fingerprint density at radius 2 is 1.67 bits per heavy atom. The highest BCUT2D eigenvalue weighted by atomic mass is 79.9. The average molecular weight is 356 g/mol. The van der Waals surface area contributed by atoms with Crippen molar-refractivity contribution in [3.8, 4) is 0 Å². The molecule has 0 aromatic heterocycles. The number of hydrogen-bond acceptors (Lipinski definition) is 1. The van der Waals surface area contributed by atoms with Gasteiger partial charge < -0.3 is 5.73 Å². The molecular weight excluding hydrogens is 351 g/mol. The van der Waals surface area contributed by atoms with Crippen molar-refractivity contribution in [3.63, 3.8) is 0 Å². The zero-order valence-electron chi connectivity index (χ0n) is 8.33. The highest BCUT2D eigenvalue weighted by molar-refractivity contribution is 9.10. The fourth-order valence-electron chi connectivity index (χ4n) is 1.15. The van der Waals surface area contributed by atoms with Crippen LogP contribution in [0.4, 0.5) is 26.3 Å². The van der Waals surface area contributed by atoms with Gasteiger partial charge in [0.25, 0.3) is 0 Å². The van der Waals surface area contributed by atoms with E-state index in [9.17, 15) is 26.3 Å². The SMILES string of the molecule is NC(c1cc(Cl)c(Br)cc1F)C(F)(F)C(F)(F)F. The molecular formula is C9H5BrClF6N. The molecule has 1 nitrogen and oxygen atoms in total. The molecule has 0 fully saturated rings. The highest BCUT2D eigenvalue weighted by Gasteiger charge is 2.62. The van der Waals surface area contributed by atoms with E-state index in [4.69, 9.17) is 17.3 Å². The Morgan fingerprint density at radius 3 is 2.11 bits per heavy atom. The molecule has 0 aliphatic carbocycles. The average Bonchev–Trinajstić information content (AvgIpc) is 2.20. The lowest BCUT2D eigenvalue weighted by atomic mass is 10.0. The predicted octanol–water partition coefficient (Wildman–Crippen LogP) is 4.44. The molecule has 0 saturated carbocycles. The lowest BCUT2D eigenvalue weighted by molar-refractivity contribution is -0.291. The first-order chi connectivity index (χ1) is 7.98. The van der Waals surface area contributed by atoms with Crippen LogP contribution in [0.15, 0.2) is 16.6 Å². The third-order valence-corrected chi connectivity index (χ3v) is 3.34. The minimum absolute atomic E-state index is 0.0212. The Bertz CT molecular complexity index is 461. The van der Waals surface area contributed by atoms with Gasteiger partial charge in [0.15, 0.2) is 0 Å². The number of nitrogens with two attached hydrogens (primary N) is 1. The van der Waals surface area contributed by atoms with E-state index in [1.807, 2.05) is 0 Å². The molecule has 0 spiro atoms. The van der Waals surface area contributed by atoms with E-state index in [-0.39, 0.29) is 9.50 Å². The van der Waals surface area contributed by atoms with Crippen LogP contribution in [0.5, 0.6) is 0 Å². The lowest BCUT2D eigenvalue weighted by Crippen LogP contribution is -2.46. The first-order valence-electron chi connectivity index (χ1n) is 4.33. The second-order valence-corrected chi connectivity index (χ2v) is 4.65. The van der Waals surface area contributed by atoms with Gasteiger partial charge in [-0.05, 0) is 28.1 Å². The third-order valence-electron chi connectivity index (χ3n) is 2.14. The van der Waals surface area contributed by atoms with Crippen LogP contribution in [0.1, 0.15) is 11.6 Å². The molecule has 0 saturated heterocycles. The summed E-state index contributed by atoms with van der Waals surface area (Å²) in [4.78, 5) is 0. The molecule has 1 rings (SSSR count). The maximum Gasteiger partial charge on any atom is 0.455 e. The fourth-order valence-corrected chi connectivity index (χ4v) is 1.64. The zero-order valence-corrected chi connectivity index (χ0v) is 10.7. The minimum Gasteiger partial charge on any atom is -0.319 e. The van der Waals surface area contributed by atoms with Gasteiger partial charge in [-0.2, -0.15) is 22.0 Å². The van der Waals surface area contributed by atoms with Crippen LogP contribution in [-0.2, 0) is 0 Å². The van der Waals surface area contributed by atoms with E-state index < -0.39 is 29.5 Å². The number of alkyl halides is 5. The van der Waals surface area contributed by atoms with Crippen LogP contribution < -0.4 is 5.73 Å². The molecule has 102 valence electrons. The van der Waals surface area contributed by atoms with Gasteiger partial charge in [-0.1, -0.05) is 11.6 Å². The molecule has 1 atom stereocenters. The molecule has 18 heavy (non-hydrogen) atoms. The molecule has 0 heterocycles. The van der Waals surface area contributed by atoms with E-state index in [1.165, 1.54) is 0 Å². The Hall–Kier alpha value is -0.470. The molecule has 1 aromatic rings. The summed E-state index contributed by atoms with van der Waals surface area (Å²) in [6, 6.07) is -1.57. The van der Waals surface area contributed by atoms with Gasteiger partial charge >= 0.3 is 12.1 Å². The summed E-state index contributed by atoms with van der Waals surface area (Å²) in [6.07, 6.45) is -5.88. The van der Waals surface area contributed by atoms with Crippen molar-refractivity contribution in [2.24, 2.45) is 5.73 Å². The topological polar surface area (TPSA) is 26.0 Å². The first kappa shape index (κ1) is 15.6. The summed E-state index contributed by atoms with van der Waals surface area (Å²) in [5.74, 6) is -6.56. The van der Waals surface area contributed by atoms with E-state index in [0.717, 1.165) is 0 Å². The summed E-state index contributed by atoms with van der Waals surface area (Å²) in [7, 11) is 0. The van der Waals surface area contributed by atoms with Gasteiger partial charge in [0.1, 0.15) is 11.9 Å². The van der Waals surface area contributed by atoms with Crippen molar-refractivity contribution in [3.05, 3.63) is 33.0 Å². The van der Waals surface area contributed by atoms with Gasteiger partial charge in [-0.3, -0.25) is 0 Å². The van der Waals surface area contributed by atoms with Crippen molar-refractivity contribution in [1.82, 2.24) is 0 Å². The Kier molecular flexibility index (Phi) is 4.24. The molecule has 9 heteroatoms. The summed E-state index contributed by atoms with van der Waals surface area (Å²) < 4.78 is 75.5. The lowest BCUT2D eigenvalue weighted by Gasteiger charge is -2.26. The van der Waals surface area contributed by atoms with Gasteiger partial charge in [0, 0.05) is 10.0 Å². The number of halogens is 8. The number of hydrogen-bond donors (Lipinski definition) is 1. The summed E-state index contributed by atoms with van der Waals surface area (Å²) >= 11 is 8.30. The van der Waals surface area contributed by atoms with E-state index in [0.29, 0.717) is 12.1 Å². The largest absolute Gasteiger partial charge is 0.455 e. The van der Waals surface area contributed by atoms with Gasteiger partial charge in [0.05, 0.1) is 5.02 Å². The van der Waals surface area contributed by atoms with Crippen LogP contribution in [0.3, 0.4) is 0 Å². The Morgan fingerprint density at radius 1 is 1.17 bits per heavy atom. The Labute approximate surface area is 111 Å². The van der Waals surface area contributed by atoms with Crippen molar-refractivity contribution < 1.29 is 26.3 Å². The smallest absolute Gasteiger partial charge is 0.319 e. The third kappa shape index (κ3) is 2.75. The summed E-state index contributed by atoms with van der Waals surface area (Å²) in [6.45, 7) is 0. The standard InChI is InChI=1S/C9H5BrClF6N/c10-4-2-6(12)3(1-5(4)11)7(18)8(13,14)9(15,16)17/h1-2,7H,18H2. The van der Waals surface area contributed by atoms with Gasteiger partial charge in [-0.15, -0.1) is 0 Å². The van der Waals surface area contributed by atoms with E-state index in [1.54, 1.807) is 0 Å². The summed E-state index contributed by atoms with van der Waals surface area (Å²) in [5.41, 5.74) is 3.79. The number of rotatable bonds is 2. The van der Waals surface area contributed by atoms with Crippen LogP contribution in [0.2, 0.25) is 5.02 Å². The maximum absolute atomic E-state index is 13.3. The molecule has 0 aliphatic heterocycles. The van der Waals surface area contributed by atoms with Crippen molar-refractivity contribution >= 4 is 27.5 Å². The molecule has 0 bridgehead atoms. The van der Waals surface area contributed by atoms with Crippen LogP contribution in [0, 0.1) is 5.82 Å². The minimum atomic E-state index is -5.88. The van der Waals surface area contributed by atoms with Gasteiger partial charge in [0.2, 0.25) is 0 Å². The van der Waals surface area contributed by atoms with Gasteiger partial charge in [-0.25, -0.2) is 4.39 Å². The maximum atomic E-state index is 13.3. The Balaban J connectivity index is 3.27.